The summed E-state index contributed by atoms with van der Waals surface area (Å²) < 4.78 is 13.3. The first-order valence-corrected chi connectivity index (χ1v) is 16.2. The molecule has 0 spiro atoms. The van der Waals surface area contributed by atoms with E-state index in [0.717, 1.165) is 26.4 Å². The molecule has 0 amide bonds. The molecule has 12 heteroatoms. The molecule has 0 bridgehead atoms. The van der Waals surface area contributed by atoms with Crippen molar-refractivity contribution in [2.45, 2.75) is 90.9 Å². The Labute approximate surface area is 333 Å². The molecule has 0 aliphatic carbocycles. The van der Waals surface area contributed by atoms with Gasteiger partial charge in [0.05, 0.1) is 53.6 Å². The Morgan fingerprint density at radius 1 is 0.543 bits per heavy atom. The van der Waals surface area contributed by atoms with E-state index in [1.165, 1.54) is 161 Å². The Morgan fingerprint density at radius 2 is 0.804 bits per heavy atom. The largest absolute Gasteiger partial charge is 1.00 e. The number of morpholine rings is 2. The van der Waals surface area contributed by atoms with Gasteiger partial charge in [-0.1, -0.05) is 65.2 Å². The standard InChI is InChI=1S/2C13H28NO.2C4N3.BrH.K/c2*1-3-4-5-6-7-8-9-14(2)10-12-15-13-11-14;2*5-1-4(2-6)3-7;;/h2*3-13H2,1-2H3;;;1H;/q2*+1;2*-1;;+1/p-1. The van der Waals surface area contributed by atoms with Crippen molar-refractivity contribution >= 4 is 11.7 Å². The van der Waals surface area contributed by atoms with Gasteiger partial charge in [0.25, 0.3) is 0 Å². The number of halogens is 1. The summed E-state index contributed by atoms with van der Waals surface area (Å²) in [5.41, 5.74) is -0.806. The molecule has 2 heterocycles. The quantitative estimate of drug-likeness (QED) is 0.0810. The van der Waals surface area contributed by atoms with Gasteiger partial charge in [0.15, 0.2) is 0 Å². The molecule has 2 rings (SSSR count). The van der Waals surface area contributed by atoms with E-state index >= 15 is 0 Å². The van der Waals surface area contributed by atoms with Crippen LogP contribution >= 0.6 is 0 Å². The van der Waals surface area contributed by atoms with Crippen LogP contribution in [0.1, 0.15) is 90.9 Å². The Morgan fingerprint density at radius 3 is 1.02 bits per heavy atom. The number of rotatable bonds is 14. The second-order valence-electron chi connectivity index (χ2n) is 11.8. The van der Waals surface area contributed by atoms with Gasteiger partial charge in [0.2, 0.25) is 0 Å². The summed E-state index contributed by atoms with van der Waals surface area (Å²) in [6.07, 6.45) is 16.9. The molecule has 0 N–H and O–H groups in total. The third-order valence-corrected chi connectivity index (χ3v) is 7.88. The molecule has 0 atom stereocenters. The van der Waals surface area contributed by atoms with Gasteiger partial charge in [-0.3, -0.25) is 0 Å². The predicted octanol–water partition coefficient (Wildman–Crippen LogP) is 0.0535. The van der Waals surface area contributed by atoms with Crippen molar-refractivity contribution in [3.63, 3.8) is 0 Å². The van der Waals surface area contributed by atoms with E-state index in [1.807, 2.05) is 0 Å². The first kappa shape index (κ1) is 51.6. The zero-order valence-corrected chi connectivity index (χ0v) is 34.0. The van der Waals surface area contributed by atoms with Crippen molar-refractivity contribution in [1.82, 2.24) is 0 Å². The van der Waals surface area contributed by atoms with E-state index in [4.69, 9.17) is 41.3 Å². The number of ether oxygens (including phenoxy) is 2. The average Bonchev–Trinajstić information content (AvgIpc) is 3.04. The number of allylic oxidation sites excluding steroid dienone is 2. The van der Waals surface area contributed by atoms with E-state index in [1.54, 1.807) is 0 Å². The molecule has 2 saturated heterocycles. The van der Waals surface area contributed by atoms with E-state index in [0.29, 0.717) is 0 Å². The van der Waals surface area contributed by atoms with Gasteiger partial charge in [-0.05, 0) is 25.7 Å². The molecule has 0 radical (unpaired) electrons. The molecule has 0 unspecified atom stereocenters. The van der Waals surface area contributed by atoms with Gasteiger partial charge in [-0.2, -0.15) is 21.0 Å². The van der Waals surface area contributed by atoms with Gasteiger partial charge < -0.3 is 46.2 Å². The Balaban J connectivity index is -0.000000268. The molecule has 2 fully saturated rings. The van der Waals surface area contributed by atoms with Crippen LogP contribution in [0.2, 0.25) is 0 Å². The number of quaternary nitrogens is 2. The zero-order chi connectivity index (χ0) is 33.4. The van der Waals surface area contributed by atoms with Gasteiger partial charge in [-0.25, -0.2) is 11.7 Å². The van der Waals surface area contributed by atoms with Crippen LogP contribution in [0.3, 0.4) is 0 Å². The fourth-order valence-electron chi connectivity index (χ4n) is 4.71. The third-order valence-electron chi connectivity index (χ3n) is 7.88. The summed E-state index contributed by atoms with van der Waals surface area (Å²) in [4.78, 5) is 0. The predicted molar refractivity (Wildman–Crippen MR) is 176 cm³/mol. The van der Waals surface area contributed by atoms with E-state index in [2.05, 4.69) is 27.9 Å². The topological polar surface area (TPSA) is 158 Å². The van der Waals surface area contributed by atoms with Crippen molar-refractivity contribution in [1.29, 1.82) is 21.0 Å². The average molecular weight is 728 g/mol. The van der Waals surface area contributed by atoms with Crippen LogP contribution in [0.5, 0.6) is 0 Å². The van der Waals surface area contributed by atoms with Crippen LogP contribution in [-0.2, 0) is 9.47 Å². The van der Waals surface area contributed by atoms with Gasteiger partial charge in [-0.15, -0.1) is 0 Å². The maximum Gasteiger partial charge on any atom is 1.00 e. The van der Waals surface area contributed by atoms with E-state index in [9.17, 15) is 0 Å². The molecule has 0 aromatic rings. The van der Waals surface area contributed by atoms with Crippen LogP contribution in [-0.4, -0.2) is 100 Å². The third kappa shape index (κ3) is 31.4. The minimum Gasteiger partial charge on any atom is -1.00 e. The second-order valence-corrected chi connectivity index (χ2v) is 11.8. The molecule has 0 saturated carbocycles. The smallest absolute Gasteiger partial charge is 1.00 e. The summed E-state index contributed by atoms with van der Waals surface area (Å²) in [6, 6.07) is 5.58. The summed E-state index contributed by atoms with van der Waals surface area (Å²) in [5.74, 6) is 2.79. The van der Waals surface area contributed by atoms with E-state index < -0.39 is 11.1 Å². The summed E-state index contributed by atoms with van der Waals surface area (Å²) >= 11 is 0. The fourth-order valence-corrected chi connectivity index (χ4v) is 4.71. The molecule has 10 nitrogen and oxygen atoms in total. The normalized spacial score (nSPS) is 14.8. The van der Waals surface area contributed by atoms with Crippen molar-refractivity contribution in [3.05, 3.63) is 22.0 Å². The van der Waals surface area contributed by atoms with Crippen LogP contribution in [0.25, 0.3) is 10.8 Å². The molecule has 0 aromatic carbocycles. The molecular weight excluding hydrogens is 671 g/mol. The van der Waals surface area contributed by atoms with Crippen LogP contribution in [0.4, 0.5) is 0 Å². The number of hydrogen-bond donors (Lipinski definition) is 0. The number of nitriles is 4. The van der Waals surface area contributed by atoms with Gasteiger partial charge in [0, 0.05) is 0 Å². The van der Waals surface area contributed by atoms with Crippen LogP contribution < -0.4 is 68.4 Å². The minimum absolute atomic E-state index is 0. The Hall–Kier alpha value is -1.18. The summed E-state index contributed by atoms with van der Waals surface area (Å²) in [6.45, 7) is 16.0. The molecule has 0 aromatic heterocycles. The van der Waals surface area contributed by atoms with Crippen LogP contribution in [0, 0.1) is 45.3 Å². The minimum atomic E-state index is -0.403. The maximum absolute atomic E-state index is 7.79. The van der Waals surface area contributed by atoms with Crippen molar-refractivity contribution in [2.24, 2.45) is 0 Å². The second kappa shape index (κ2) is 36.6. The van der Waals surface area contributed by atoms with Crippen molar-refractivity contribution in [3.8, 4) is 24.3 Å². The molecule has 46 heavy (non-hydrogen) atoms. The summed E-state index contributed by atoms with van der Waals surface area (Å²) in [7, 11) is 4.77. The number of unbranched alkanes of at least 4 members (excludes halogenated alkanes) is 10. The monoisotopic (exact) mass is 726 g/mol. The molecule has 2 aliphatic heterocycles. The zero-order valence-electron chi connectivity index (χ0n) is 29.3. The Bertz CT molecular complexity index is 906. The van der Waals surface area contributed by atoms with Crippen LogP contribution in [0.15, 0.2) is 11.1 Å². The molecule has 2 aliphatic rings. The first-order valence-electron chi connectivity index (χ1n) is 16.2. The van der Waals surface area contributed by atoms with Gasteiger partial charge >= 0.3 is 51.4 Å². The fraction of sp³-hybridized carbons (Fsp3) is 0.765. The SMILES string of the molecule is CCCCCCCC[N+]1(C)CCOCC1.CCCCCCCC[N+]1(C)CCOCC1.N#CC(=C=[N-])C#N.N#CC(=C=[N-])C#N.[Br-].[K+]. The molecular formula is C34H56BrKN8O2. The van der Waals surface area contributed by atoms with E-state index in [-0.39, 0.29) is 68.4 Å². The number of likely N-dealkylation sites (N-methyl/N-ethyl adjacent to an activating group) is 2. The Kier molecular flexibility index (Phi) is 41.1. The number of hydrogen-bond acceptors (Lipinski definition) is 6. The maximum atomic E-state index is 7.79. The van der Waals surface area contributed by atoms with Crippen molar-refractivity contribution in [2.75, 3.05) is 79.8 Å². The number of nitrogens with zero attached hydrogens (tertiary/aromatic N) is 8. The first-order chi connectivity index (χ1) is 21.2. The summed E-state index contributed by atoms with van der Waals surface area (Å²) in [5, 5.41) is 46.8. The molecule has 252 valence electrons. The van der Waals surface area contributed by atoms with Crippen molar-refractivity contribution < 1.29 is 86.8 Å². The van der Waals surface area contributed by atoms with Gasteiger partial charge in [0.1, 0.15) is 61.6 Å².